The minimum atomic E-state index is -0.526. The molecule has 0 unspecified atom stereocenters. The Labute approximate surface area is 206 Å². The number of non-ortho nitro benzene ring substituents is 1. The van der Waals surface area contributed by atoms with Crippen LogP contribution >= 0.6 is 0 Å². The molecule has 2 heterocycles. The Morgan fingerprint density at radius 1 is 1.03 bits per heavy atom. The molecule has 5 rings (SSSR count). The Bertz CT molecular complexity index is 1770. The molecule has 0 saturated carbocycles. The number of benzene rings is 3. The minimum absolute atomic E-state index is 0.144. The topological polar surface area (TPSA) is 120 Å². The molecule has 0 amide bonds. The van der Waals surface area contributed by atoms with Gasteiger partial charge in [-0.1, -0.05) is 36.4 Å². The fourth-order valence-electron chi connectivity index (χ4n) is 4.51. The molecule has 8 heteroatoms. The summed E-state index contributed by atoms with van der Waals surface area (Å²) in [7, 11) is 0. The van der Waals surface area contributed by atoms with Crippen LogP contribution in [0, 0.1) is 46.6 Å². The number of fused-ring (bicyclic) bond motifs is 3. The van der Waals surface area contributed by atoms with Crippen LogP contribution in [0.25, 0.3) is 16.7 Å². The highest BCUT2D eigenvalue weighted by atomic mass is 16.6. The molecular weight excluding hydrogens is 452 g/mol. The van der Waals surface area contributed by atoms with Crippen molar-refractivity contribution in [1.82, 2.24) is 9.38 Å². The van der Waals surface area contributed by atoms with E-state index in [0.717, 1.165) is 33.3 Å². The number of aryl methyl sites for hydroxylation is 1. The van der Waals surface area contributed by atoms with Gasteiger partial charge in [0.2, 0.25) is 0 Å². The maximum atomic E-state index is 11.3. The Morgan fingerprint density at radius 3 is 2.50 bits per heavy atom. The number of hydrogen-bond donors (Lipinski definition) is 1. The second-order valence-corrected chi connectivity index (χ2v) is 8.53. The summed E-state index contributed by atoms with van der Waals surface area (Å²) in [4.78, 5) is 15.5. The zero-order valence-electron chi connectivity index (χ0n) is 19.6. The first kappa shape index (κ1) is 22.6. The van der Waals surface area contributed by atoms with Crippen LogP contribution in [0.5, 0.6) is 0 Å². The standard InChI is InChI=1S/C28H20N6O2/c1-17-7-3-4-8-19(17)14-22-18(2)23(16-30)28-32-25-9-5-6-10-26(25)33(28)27(22)31-24-12-11-21(34(35)36)13-20(24)15-29/h3-13,31H,14H2,1-2H3. The number of nitro groups is 1. The first-order valence-corrected chi connectivity index (χ1v) is 11.3. The lowest BCUT2D eigenvalue weighted by atomic mass is 9.95. The molecule has 0 spiro atoms. The lowest BCUT2D eigenvalue weighted by molar-refractivity contribution is -0.384. The Balaban J connectivity index is 1.84. The zero-order valence-corrected chi connectivity index (χ0v) is 19.6. The van der Waals surface area contributed by atoms with Gasteiger partial charge >= 0.3 is 0 Å². The second-order valence-electron chi connectivity index (χ2n) is 8.53. The van der Waals surface area contributed by atoms with E-state index in [1.54, 1.807) is 0 Å². The van der Waals surface area contributed by atoms with E-state index in [0.29, 0.717) is 29.1 Å². The number of imidazole rings is 1. The van der Waals surface area contributed by atoms with Gasteiger partial charge in [0.1, 0.15) is 18.0 Å². The number of rotatable bonds is 5. The molecule has 3 aromatic carbocycles. The van der Waals surface area contributed by atoms with E-state index in [-0.39, 0.29) is 11.3 Å². The van der Waals surface area contributed by atoms with Crippen LogP contribution in [0.1, 0.15) is 33.4 Å². The minimum Gasteiger partial charge on any atom is -0.340 e. The van der Waals surface area contributed by atoms with Gasteiger partial charge in [-0.15, -0.1) is 0 Å². The van der Waals surface area contributed by atoms with Gasteiger partial charge in [-0.25, -0.2) is 4.98 Å². The molecule has 0 bridgehead atoms. The summed E-state index contributed by atoms with van der Waals surface area (Å²) in [5.41, 5.74) is 6.80. The number of anilines is 2. The van der Waals surface area contributed by atoms with E-state index in [1.165, 1.54) is 18.2 Å². The van der Waals surface area contributed by atoms with E-state index >= 15 is 0 Å². The van der Waals surface area contributed by atoms with E-state index in [4.69, 9.17) is 4.98 Å². The number of pyridine rings is 1. The average molecular weight is 473 g/mol. The number of nitrogens with one attached hydrogen (secondary N) is 1. The van der Waals surface area contributed by atoms with Crippen LogP contribution in [0.3, 0.4) is 0 Å². The highest BCUT2D eigenvalue weighted by Crippen LogP contribution is 2.35. The Hall–Kier alpha value is -5.21. The molecule has 0 saturated heterocycles. The quantitative estimate of drug-likeness (QED) is 0.244. The van der Waals surface area contributed by atoms with Crippen LogP contribution < -0.4 is 5.32 Å². The Kier molecular flexibility index (Phi) is 5.56. The molecule has 8 nitrogen and oxygen atoms in total. The molecule has 0 radical (unpaired) electrons. The van der Waals surface area contributed by atoms with Gasteiger partial charge in [0.25, 0.3) is 5.69 Å². The highest BCUT2D eigenvalue weighted by Gasteiger charge is 2.22. The largest absolute Gasteiger partial charge is 0.340 e. The Morgan fingerprint density at radius 2 is 1.78 bits per heavy atom. The molecule has 5 aromatic rings. The zero-order chi connectivity index (χ0) is 25.4. The molecule has 1 N–H and O–H groups in total. The summed E-state index contributed by atoms with van der Waals surface area (Å²) in [5.74, 6) is 0.656. The smallest absolute Gasteiger partial charge is 0.270 e. The summed E-state index contributed by atoms with van der Waals surface area (Å²) in [5, 5.41) is 34.5. The van der Waals surface area contributed by atoms with E-state index in [9.17, 15) is 20.6 Å². The van der Waals surface area contributed by atoms with Crippen molar-refractivity contribution in [2.75, 3.05) is 5.32 Å². The predicted molar refractivity (Wildman–Crippen MR) is 137 cm³/mol. The van der Waals surface area contributed by atoms with Crippen molar-refractivity contribution >= 4 is 33.9 Å². The van der Waals surface area contributed by atoms with Gasteiger partial charge in [0.05, 0.1) is 32.8 Å². The fourth-order valence-corrected chi connectivity index (χ4v) is 4.51. The van der Waals surface area contributed by atoms with Crippen LogP contribution in [-0.4, -0.2) is 14.3 Å². The molecule has 0 atom stereocenters. The predicted octanol–water partition coefficient (Wildman–Crippen LogP) is 6.09. The van der Waals surface area contributed by atoms with Gasteiger partial charge in [0.15, 0.2) is 5.65 Å². The lowest BCUT2D eigenvalue weighted by Crippen LogP contribution is -2.10. The second kappa shape index (κ2) is 8.86. The summed E-state index contributed by atoms with van der Waals surface area (Å²) in [6.07, 6.45) is 0.535. The van der Waals surface area contributed by atoms with Crippen molar-refractivity contribution in [3.05, 3.63) is 110 Å². The third-order valence-electron chi connectivity index (χ3n) is 6.45. The highest BCUT2D eigenvalue weighted by molar-refractivity contribution is 5.87. The SMILES string of the molecule is Cc1ccccc1Cc1c(C)c(C#N)c2nc3ccccc3n2c1Nc1ccc([N+](=O)[O-])cc1C#N. The van der Waals surface area contributed by atoms with Crippen molar-refractivity contribution in [3.63, 3.8) is 0 Å². The first-order valence-electron chi connectivity index (χ1n) is 11.3. The van der Waals surface area contributed by atoms with Crippen molar-refractivity contribution in [1.29, 1.82) is 10.5 Å². The number of aromatic nitrogens is 2. The number of nitro benzene ring substituents is 1. The van der Waals surface area contributed by atoms with Crippen LogP contribution in [0.15, 0.2) is 66.7 Å². The molecule has 0 aliphatic heterocycles. The van der Waals surface area contributed by atoms with Gasteiger partial charge in [-0.2, -0.15) is 10.5 Å². The third-order valence-corrected chi connectivity index (χ3v) is 6.45. The molecule has 36 heavy (non-hydrogen) atoms. The van der Waals surface area contributed by atoms with Crippen molar-refractivity contribution in [2.24, 2.45) is 0 Å². The van der Waals surface area contributed by atoms with Gasteiger partial charge < -0.3 is 5.32 Å². The molecule has 0 aliphatic carbocycles. The van der Waals surface area contributed by atoms with Crippen LogP contribution in [-0.2, 0) is 6.42 Å². The van der Waals surface area contributed by atoms with Crippen molar-refractivity contribution < 1.29 is 4.92 Å². The summed E-state index contributed by atoms with van der Waals surface area (Å²) < 4.78 is 1.90. The number of nitriles is 2. The monoisotopic (exact) mass is 472 g/mol. The van der Waals surface area contributed by atoms with Crippen LogP contribution in [0.4, 0.5) is 17.2 Å². The summed E-state index contributed by atoms with van der Waals surface area (Å²) in [6, 6.07) is 24.2. The van der Waals surface area contributed by atoms with Crippen LogP contribution in [0.2, 0.25) is 0 Å². The fraction of sp³-hybridized carbons (Fsp3) is 0.107. The number of nitrogens with zero attached hydrogens (tertiary/aromatic N) is 5. The molecule has 2 aromatic heterocycles. The summed E-state index contributed by atoms with van der Waals surface area (Å²) in [6.45, 7) is 3.94. The maximum absolute atomic E-state index is 11.3. The van der Waals surface area contributed by atoms with Gasteiger partial charge in [-0.05, 0) is 48.7 Å². The average Bonchev–Trinajstić information content (AvgIpc) is 3.26. The van der Waals surface area contributed by atoms with Crippen molar-refractivity contribution in [3.8, 4) is 12.1 Å². The van der Waals surface area contributed by atoms with Crippen molar-refractivity contribution in [2.45, 2.75) is 20.3 Å². The van der Waals surface area contributed by atoms with Gasteiger partial charge in [-0.3, -0.25) is 14.5 Å². The number of para-hydroxylation sites is 2. The molecule has 174 valence electrons. The third kappa shape index (κ3) is 3.67. The normalized spacial score (nSPS) is 10.8. The molecule has 0 aliphatic rings. The van der Waals surface area contributed by atoms with Gasteiger partial charge in [0, 0.05) is 24.1 Å². The van der Waals surface area contributed by atoms with E-state index in [1.807, 2.05) is 66.8 Å². The molecule has 0 fully saturated rings. The molecular formula is C28H20N6O2. The first-order chi connectivity index (χ1) is 17.4. The lowest BCUT2D eigenvalue weighted by Gasteiger charge is -2.20. The number of hydrogen-bond acceptors (Lipinski definition) is 6. The van der Waals surface area contributed by atoms with E-state index in [2.05, 4.69) is 17.5 Å². The van der Waals surface area contributed by atoms with E-state index < -0.39 is 4.92 Å². The summed E-state index contributed by atoms with van der Waals surface area (Å²) >= 11 is 0. The maximum Gasteiger partial charge on any atom is 0.270 e.